The van der Waals surface area contributed by atoms with E-state index in [1.165, 1.54) is 17.0 Å². The summed E-state index contributed by atoms with van der Waals surface area (Å²) < 4.78 is 1.23. The lowest BCUT2D eigenvalue weighted by Crippen LogP contribution is -2.37. The molecule has 3 N–H and O–H groups in total. The molecule has 2 aromatic rings. The Morgan fingerprint density at radius 1 is 1.00 bits per heavy atom. The van der Waals surface area contributed by atoms with Crippen molar-refractivity contribution < 1.29 is 14.4 Å². The Morgan fingerprint density at radius 3 is 2.31 bits per heavy atom. The van der Waals surface area contributed by atoms with E-state index >= 15 is 0 Å². The lowest BCUT2D eigenvalue weighted by molar-refractivity contribution is -0.121. The first-order chi connectivity index (χ1) is 13.9. The number of carbonyl (C=O) groups is 3. The average molecular weight is 399 g/mol. The SMILES string of the molecule is CCC(=O)Nc1ccc(C(=O)NCCNC(=O)Cn2cnc(CC)cc2=O)cc1. The molecule has 1 aromatic carbocycles. The van der Waals surface area contributed by atoms with Crippen LogP contribution in [-0.2, 0) is 22.6 Å². The number of nitrogens with one attached hydrogen (secondary N) is 3. The van der Waals surface area contributed by atoms with Gasteiger partial charge in [-0.05, 0) is 30.7 Å². The van der Waals surface area contributed by atoms with Crippen molar-refractivity contribution in [3.8, 4) is 0 Å². The van der Waals surface area contributed by atoms with Crippen LogP contribution in [0.3, 0.4) is 0 Å². The molecule has 1 heterocycles. The van der Waals surface area contributed by atoms with Crippen LogP contribution in [0.1, 0.15) is 36.3 Å². The van der Waals surface area contributed by atoms with Crippen LogP contribution >= 0.6 is 0 Å². The molecule has 0 radical (unpaired) electrons. The molecule has 9 heteroatoms. The summed E-state index contributed by atoms with van der Waals surface area (Å²) in [7, 11) is 0. The molecule has 0 saturated carbocycles. The van der Waals surface area contributed by atoms with Crippen molar-refractivity contribution in [2.75, 3.05) is 18.4 Å². The van der Waals surface area contributed by atoms with E-state index in [0.29, 0.717) is 29.8 Å². The number of nitrogens with zero attached hydrogens (tertiary/aromatic N) is 2. The summed E-state index contributed by atoms with van der Waals surface area (Å²) in [5.74, 6) is -0.732. The van der Waals surface area contributed by atoms with Gasteiger partial charge in [0.2, 0.25) is 11.8 Å². The third-order valence-electron chi connectivity index (χ3n) is 4.10. The molecule has 0 aliphatic carbocycles. The lowest BCUT2D eigenvalue weighted by atomic mass is 10.2. The number of anilines is 1. The quantitative estimate of drug-likeness (QED) is 0.536. The zero-order chi connectivity index (χ0) is 21.2. The molecule has 0 aliphatic heterocycles. The van der Waals surface area contributed by atoms with Crippen LogP contribution in [0.15, 0.2) is 41.5 Å². The van der Waals surface area contributed by atoms with Crippen molar-refractivity contribution in [1.29, 1.82) is 0 Å². The molecule has 0 bridgehead atoms. The summed E-state index contributed by atoms with van der Waals surface area (Å²) in [5.41, 5.74) is 1.46. The third-order valence-corrected chi connectivity index (χ3v) is 4.10. The topological polar surface area (TPSA) is 122 Å². The molecule has 0 unspecified atom stereocenters. The highest BCUT2D eigenvalue weighted by Crippen LogP contribution is 2.09. The molecule has 0 spiro atoms. The predicted molar refractivity (Wildman–Crippen MR) is 109 cm³/mol. The summed E-state index contributed by atoms with van der Waals surface area (Å²) in [4.78, 5) is 51.4. The first kappa shape index (κ1) is 21.8. The van der Waals surface area contributed by atoms with Gasteiger partial charge >= 0.3 is 0 Å². The summed E-state index contributed by atoms with van der Waals surface area (Å²) in [5, 5.41) is 8.04. The van der Waals surface area contributed by atoms with E-state index in [1.54, 1.807) is 31.2 Å². The first-order valence-electron chi connectivity index (χ1n) is 9.43. The van der Waals surface area contributed by atoms with Gasteiger partial charge in [0.15, 0.2) is 0 Å². The molecule has 154 valence electrons. The normalized spacial score (nSPS) is 10.3. The number of carbonyl (C=O) groups excluding carboxylic acids is 3. The van der Waals surface area contributed by atoms with Crippen molar-refractivity contribution in [3.05, 3.63) is 58.3 Å². The van der Waals surface area contributed by atoms with E-state index < -0.39 is 0 Å². The molecular formula is C20H25N5O4. The Kier molecular flexibility index (Phi) is 8.08. The van der Waals surface area contributed by atoms with E-state index in [2.05, 4.69) is 20.9 Å². The zero-order valence-corrected chi connectivity index (χ0v) is 16.5. The van der Waals surface area contributed by atoms with Gasteiger partial charge in [-0.1, -0.05) is 13.8 Å². The average Bonchev–Trinajstić information content (AvgIpc) is 2.72. The second kappa shape index (κ2) is 10.7. The summed E-state index contributed by atoms with van der Waals surface area (Å²) in [6, 6.07) is 7.93. The number of rotatable bonds is 9. The maximum atomic E-state index is 12.1. The standard InChI is InChI=1S/C20H25N5O4/c1-3-15-11-19(28)25(13-23-15)12-18(27)21-9-10-22-20(29)14-5-7-16(8-6-14)24-17(26)4-2/h5-8,11,13H,3-4,9-10,12H2,1-2H3,(H,21,27)(H,22,29)(H,24,26). The Morgan fingerprint density at radius 2 is 1.69 bits per heavy atom. The van der Waals surface area contributed by atoms with E-state index in [0.717, 1.165) is 0 Å². The highest BCUT2D eigenvalue weighted by Gasteiger charge is 2.08. The highest BCUT2D eigenvalue weighted by molar-refractivity contribution is 5.95. The minimum Gasteiger partial charge on any atom is -0.353 e. The maximum absolute atomic E-state index is 12.1. The van der Waals surface area contributed by atoms with E-state index in [-0.39, 0.29) is 42.9 Å². The van der Waals surface area contributed by atoms with Gasteiger partial charge in [0.05, 0.1) is 6.33 Å². The van der Waals surface area contributed by atoms with Gasteiger partial charge in [0.25, 0.3) is 11.5 Å². The van der Waals surface area contributed by atoms with Gasteiger partial charge < -0.3 is 16.0 Å². The smallest absolute Gasteiger partial charge is 0.253 e. The van der Waals surface area contributed by atoms with Crippen LogP contribution < -0.4 is 21.5 Å². The number of aryl methyl sites for hydroxylation is 1. The van der Waals surface area contributed by atoms with Gasteiger partial charge in [-0.15, -0.1) is 0 Å². The Labute approximate surface area is 168 Å². The van der Waals surface area contributed by atoms with Crippen LogP contribution in [0.2, 0.25) is 0 Å². The number of aromatic nitrogens is 2. The number of hydrogen-bond donors (Lipinski definition) is 3. The number of benzene rings is 1. The monoisotopic (exact) mass is 399 g/mol. The molecular weight excluding hydrogens is 374 g/mol. The molecule has 2 rings (SSSR count). The summed E-state index contributed by atoms with van der Waals surface area (Å²) in [6.45, 7) is 3.99. The molecule has 0 saturated heterocycles. The van der Waals surface area contributed by atoms with Crippen LogP contribution in [0.5, 0.6) is 0 Å². The van der Waals surface area contributed by atoms with Crippen LogP contribution in [0.4, 0.5) is 5.69 Å². The summed E-state index contributed by atoms with van der Waals surface area (Å²) >= 11 is 0. The maximum Gasteiger partial charge on any atom is 0.253 e. The molecule has 0 fully saturated rings. The lowest BCUT2D eigenvalue weighted by Gasteiger charge is -2.09. The van der Waals surface area contributed by atoms with Crippen molar-refractivity contribution >= 4 is 23.4 Å². The van der Waals surface area contributed by atoms with Gasteiger partial charge in [0, 0.05) is 42.5 Å². The van der Waals surface area contributed by atoms with Crippen molar-refractivity contribution in [3.63, 3.8) is 0 Å². The Hall–Kier alpha value is -3.49. The van der Waals surface area contributed by atoms with Crippen LogP contribution in [0, 0.1) is 0 Å². The Balaban J connectivity index is 1.74. The molecule has 1 aromatic heterocycles. The van der Waals surface area contributed by atoms with Crippen molar-refractivity contribution in [1.82, 2.24) is 20.2 Å². The van der Waals surface area contributed by atoms with Gasteiger partial charge in [-0.3, -0.25) is 23.7 Å². The second-order valence-corrected chi connectivity index (χ2v) is 6.28. The second-order valence-electron chi connectivity index (χ2n) is 6.28. The van der Waals surface area contributed by atoms with Crippen molar-refractivity contribution in [2.45, 2.75) is 33.2 Å². The molecule has 3 amide bonds. The number of amides is 3. The van der Waals surface area contributed by atoms with Crippen LogP contribution in [-0.4, -0.2) is 40.4 Å². The minimum atomic E-state index is -0.344. The fourth-order valence-corrected chi connectivity index (χ4v) is 2.42. The van der Waals surface area contributed by atoms with E-state index in [1.807, 2.05) is 6.92 Å². The van der Waals surface area contributed by atoms with Crippen LogP contribution in [0.25, 0.3) is 0 Å². The first-order valence-corrected chi connectivity index (χ1v) is 9.43. The third kappa shape index (κ3) is 6.87. The Bertz CT molecular complexity index is 921. The molecule has 0 atom stereocenters. The fraction of sp³-hybridized carbons (Fsp3) is 0.350. The van der Waals surface area contributed by atoms with Gasteiger partial charge in [-0.2, -0.15) is 0 Å². The minimum absolute atomic E-state index is 0.0997. The van der Waals surface area contributed by atoms with Gasteiger partial charge in [0.1, 0.15) is 6.54 Å². The fourth-order valence-electron chi connectivity index (χ4n) is 2.42. The largest absolute Gasteiger partial charge is 0.353 e. The number of hydrogen-bond acceptors (Lipinski definition) is 5. The van der Waals surface area contributed by atoms with Crippen molar-refractivity contribution in [2.24, 2.45) is 0 Å². The predicted octanol–water partition coefficient (Wildman–Crippen LogP) is 0.700. The van der Waals surface area contributed by atoms with E-state index in [4.69, 9.17) is 0 Å². The summed E-state index contributed by atoms with van der Waals surface area (Å²) in [6.07, 6.45) is 2.39. The molecule has 9 nitrogen and oxygen atoms in total. The van der Waals surface area contributed by atoms with Gasteiger partial charge in [-0.25, -0.2) is 4.98 Å². The van der Waals surface area contributed by atoms with E-state index in [9.17, 15) is 19.2 Å². The molecule has 0 aliphatic rings. The zero-order valence-electron chi connectivity index (χ0n) is 16.5. The highest BCUT2D eigenvalue weighted by atomic mass is 16.2. The molecule has 29 heavy (non-hydrogen) atoms.